The molecule has 9 aromatic carbocycles. The van der Waals surface area contributed by atoms with E-state index in [-0.39, 0.29) is 5.41 Å². The summed E-state index contributed by atoms with van der Waals surface area (Å²) in [6.07, 6.45) is 0. The second-order valence-electron chi connectivity index (χ2n) is 16.5. The van der Waals surface area contributed by atoms with E-state index in [0.717, 1.165) is 55.8 Å². The number of benzene rings is 9. The van der Waals surface area contributed by atoms with Gasteiger partial charge in [0.05, 0.1) is 11.0 Å². The normalized spacial score (nSPS) is 13.0. The first-order valence-corrected chi connectivity index (χ1v) is 20.8. The Bertz CT molecular complexity index is 3390. The van der Waals surface area contributed by atoms with Crippen LogP contribution in [-0.2, 0) is 5.41 Å². The van der Waals surface area contributed by atoms with Gasteiger partial charge in [-0.05, 0) is 100 Å². The highest BCUT2D eigenvalue weighted by molar-refractivity contribution is 6.13. The minimum Gasteiger partial charge on any atom is -0.455 e. The van der Waals surface area contributed by atoms with E-state index in [0.29, 0.717) is 0 Å². The molecule has 12 rings (SSSR count). The third-order valence-electron chi connectivity index (χ3n) is 12.8. The van der Waals surface area contributed by atoms with E-state index in [1.807, 2.05) is 0 Å². The number of hydrogen-bond acceptors (Lipinski definition) is 2. The van der Waals surface area contributed by atoms with Crippen molar-refractivity contribution in [3.63, 3.8) is 0 Å². The Labute approximate surface area is 349 Å². The fraction of sp³-hybridized carbons (Fsp3) is 0.0526. The number of aromatic nitrogens is 1. The van der Waals surface area contributed by atoms with Crippen molar-refractivity contribution in [3.8, 4) is 39.1 Å². The predicted molar refractivity (Wildman–Crippen MR) is 251 cm³/mol. The smallest absolute Gasteiger partial charge is 0.143 e. The maximum atomic E-state index is 7.07. The summed E-state index contributed by atoms with van der Waals surface area (Å²) in [5.41, 5.74) is 18.2. The zero-order valence-corrected chi connectivity index (χ0v) is 33.4. The Morgan fingerprint density at radius 2 is 0.967 bits per heavy atom. The second-order valence-corrected chi connectivity index (χ2v) is 16.5. The van der Waals surface area contributed by atoms with Crippen molar-refractivity contribution in [3.05, 3.63) is 217 Å². The number of para-hydroxylation sites is 3. The molecule has 1 aliphatic rings. The van der Waals surface area contributed by atoms with Gasteiger partial charge < -0.3 is 13.9 Å². The SMILES string of the molecule is CC1(C)c2ccccc2-c2ccc3c(oc4c(-c5cccc(N(c6ccc(-c7ccccc7)cc6)c6ccc(-n7c8ccccc8c8ccccc87)cc6)c5)cccc43)c21. The van der Waals surface area contributed by atoms with Gasteiger partial charge in [-0.25, -0.2) is 0 Å². The van der Waals surface area contributed by atoms with Crippen LogP contribution in [0.15, 0.2) is 211 Å². The summed E-state index contributed by atoms with van der Waals surface area (Å²) in [7, 11) is 0. The van der Waals surface area contributed by atoms with Crippen LogP contribution in [0.1, 0.15) is 25.0 Å². The van der Waals surface area contributed by atoms with Gasteiger partial charge in [-0.1, -0.05) is 153 Å². The highest BCUT2D eigenvalue weighted by Crippen LogP contribution is 2.53. The van der Waals surface area contributed by atoms with Crippen molar-refractivity contribution in [1.82, 2.24) is 4.57 Å². The van der Waals surface area contributed by atoms with Crippen LogP contribution < -0.4 is 4.90 Å². The minimum absolute atomic E-state index is 0.174. The largest absolute Gasteiger partial charge is 0.455 e. The van der Waals surface area contributed by atoms with Gasteiger partial charge in [-0.3, -0.25) is 0 Å². The Hall–Kier alpha value is -7.62. The fourth-order valence-electron chi connectivity index (χ4n) is 9.98. The molecule has 1 aliphatic carbocycles. The molecule has 0 atom stereocenters. The monoisotopic (exact) mass is 768 g/mol. The van der Waals surface area contributed by atoms with Crippen LogP contribution in [0.2, 0.25) is 0 Å². The Morgan fingerprint density at radius 3 is 1.72 bits per heavy atom. The van der Waals surface area contributed by atoms with Crippen LogP contribution in [-0.4, -0.2) is 4.57 Å². The summed E-state index contributed by atoms with van der Waals surface area (Å²) in [6, 6.07) is 74.6. The van der Waals surface area contributed by atoms with Gasteiger partial charge in [-0.15, -0.1) is 0 Å². The molecule has 11 aromatic rings. The first kappa shape index (κ1) is 34.4. The van der Waals surface area contributed by atoms with Crippen molar-refractivity contribution in [1.29, 1.82) is 0 Å². The summed E-state index contributed by atoms with van der Waals surface area (Å²) in [5.74, 6) is 0. The average molecular weight is 769 g/mol. The first-order valence-electron chi connectivity index (χ1n) is 20.8. The number of nitrogens with zero attached hydrogens (tertiary/aromatic N) is 2. The average Bonchev–Trinajstić information content (AvgIpc) is 3.93. The fourth-order valence-corrected chi connectivity index (χ4v) is 9.98. The molecule has 0 spiro atoms. The number of furan rings is 1. The zero-order chi connectivity index (χ0) is 40.0. The standard InChI is InChI=1S/C57H40N2O/c1-57(2)51-23-9-6-18-45(51)48-34-35-50-49-22-13-21-44(55(49)60-56(50)54(48)57)39-16-12-17-43(36-39)58(40-28-26-38(27-29-40)37-14-4-3-5-15-37)41-30-32-42(33-31-41)59-52-24-10-7-19-46(52)47-20-8-11-25-53(47)59/h3-36H,1-2H3. The molecule has 0 radical (unpaired) electrons. The van der Waals surface area contributed by atoms with Crippen molar-refractivity contribution in [2.45, 2.75) is 19.3 Å². The molecule has 60 heavy (non-hydrogen) atoms. The molecule has 284 valence electrons. The Balaban J connectivity index is 0.996. The lowest BCUT2D eigenvalue weighted by Crippen LogP contribution is -2.15. The van der Waals surface area contributed by atoms with E-state index >= 15 is 0 Å². The zero-order valence-electron chi connectivity index (χ0n) is 33.4. The molecule has 2 aromatic heterocycles. The van der Waals surface area contributed by atoms with Crippen LogP contribution in [0.4, 0.5) is 17.1 Å². The van der Waals surface area contributed by atoms with E-state index in [4.69, 9.17) is 4.42 Å². The molecular formula is C57H40N2O. The van der Waals surface area contributed by atoms with Crippen LogP contribution >= 0.6 is 0 Å². The molecule has 3 heteroatoms. The van der Waals surface area contributed by atoms with Gasteiger partial charge in [0.25, 0.3) is 0 Å². The first-order chi connectivity index (χ1) is 29.5. The molecule has 2 heterocycles. The quantitative estimate of drug-likeness (QED) is 0.168. The van der Waals surface area contributed by atoms with E-state index < -0.39 is 0 Å². The topological polar surface area (TPSA) is 21.3 Å². The summed E-state index contributed by atoms with van der Waals surface area (Å²) < 4.78 is 9.44. The maximum Gasteiger partial charge on any atom is 0.143 e. The Kier molecular flexibility index (Phi) is 7.58. The maximum absolute atomic E-state index is 7.07. The Morgan fingerprint density at radius 1 is 0.400 bits per heavy atom. The van der Waals surface area contributed by atoms with Crippen LogP contribution in [0.25, 0.3) is 82.8 Å². The molecule has 0 aliphatic heterocycles. The van der Waals surface area contributed by atoms with Crippen LogP contribution in [0, 0.1) is 0 Å². The summed E-state index contributed by atoms with van der Waals surface area (Å²) in [5, 5.41) is 4.81. The van der Waals surface area contributed by atoms with E-state index in [1.54, 1.807) is 0 Å². The molecule has 0 saturated carbocycles. The van der Waals surface area contributed by atoms with Gasteiger partial charge in [0.15, 0.2) is 0 Å². The number of fused-ring (bicyclic) bond motifs is 10. The lowest BCUT2D eigenvalue weighted by Gasteiger charge is -2.26. The van der Waals surface area contributed by atoms with Crippen LogP contribution in [0.5, 0.6) is 0 Å². The van der Waals surface area contributed by atoms with Crippen LogP contribution in [0.3, 0.4) is 0 Å². The molecule has 0 amide bonds. The van der Waals surface area contributed by atoms with Crippen molar-refractivity contribution in [2.75, 3.05) is 4.90 Å². The molecule has 0 bridgehead atoms. The lowest BCUT2D eigenvalue weighted by atomic mass is 9.82. The van der Waals surface area contributed by atoms with Gasteiger partial charge in [0, 0.05) is 60.8 Å². The van der Waals surface area contributed by atoms with Gasteiger partial charge >= 0.3 is 0 Å². The number of rotatable bonds is 6. The minimum atomic E-state index is -0.174. The highest BCUT2D eigenvalue weighted by Gasteiger charge is 2.38. The van der Waals surface area contributed by atoms with Gasteiger partial charge in [0.2, 0.25) is 0 Å². The molecule has 0 N–H and O–H groups in total. The van der Waals surface area contributed by atoms with E-state index in [9.17, 15) is 0 Å². The van der Waals surface area contributed by atoms with E-state index in [2.05, 4.69) is 230 Å². The number of anilines is 3. The predicted octanol–water partition coefficient (Wildman–Crippen LogP) is 15.8. The third kappa shape index (κ3) is 5.15. The summed E-state index contributed by atoms with van der Waals surface area (Å²) in [4.78, 5) is 2.36. The lowest BCUT2D eigenvalue weighted by molar-refractivity contribution is 0.620. The highest BCUT2D eigenvalue weighted by atomic mass is 16.3. The molecule has 0 saturated heterocycles. The van der Waals surface area contributed by atoms with E-state index in [1.165, 1.54) is 55.2 Å². The third-order valence-corrected chi connectivity index (χ3v) is 12.8. The second kappa shape index (κ2) is 13.2. The summed E-state index contributed by atoms with van der Waals surface area (Å²) in [6.45, 7) is 4.65. The molecule has 0 unspecified atom stereocenters. The molecular weight excluding hydrogens is 729 g/mol. The molecule has 3 nitrogen and oxygen atoms in total. The molecule has 0 fully saturated rings. The van der Waals surface area contributed by atoms with Crippen molar-refractivity contribution < 1.29 is 4.42 Å². The van der Waals surface area contributed by atoms with Gasteiger partial charge in [0.1, 0.15) is 11.2 Å². The number of hydrogen-bond donors (Lipinski definition) is 0. The van der Waals surface area contributed by atoms with Crippen molar-refractivity contribution >= 4 is 60.8 Å². The van der Waals surface area contributed by atoms with Gasteiger partial charge in [-0.2, -0.15) is 0 Å². The summed E-state index contributed by atoms with van der Waals surface area (Å²) >= 11 is 0. The van der Waals surface area contributed by atoms with Crippen molar-refractivity contribution in [2.24, 2.45) is 0 Å².